The lowest BCUT2D eigenvalue weighted by Gasteiger charge is -2.32. The molecule has 1 heterocycles. The first-order chi connectivity index (χ1) is 11.3. The molecule has 0 aliphatic carbocycles. The van der Waals surface area contributed by atoms with Crippen LogP contribution in [0.5, 0.6) is 5.75 Å². The maximum atomic E-state index is 12.1. The van der Waals surface area contributed by atoms with Crippen molar-refractivity contribution in [3.05, 3.63) is 24.3 Å². The monoisotopic (exact) mass is 354 g/mol. The molecule has 2 rings (SSSR count). The van der Waals surface area contributed by atoms with Gasteiger partial charge in [0.1, 0.15) is 11.4 Å². The Morgan fingerprint density at radius 2 is 1.79 bits per heavy atom. The topological polar surface area (TPSA) is 58.6 Å². The molecule has 24 heavy (non-hydrogen) atoms. The molecule has 5 nitrogen and oxygen atoms in total. The number of piperazine rings is 1. The third kappa shape index (κ3) is 5.76. The molecule has 0 saturated carbocycles. The number of hydrogen-bond donors (Lipinski definition) is 1. The van der Waals surface area contributed by atoms with Crippen molar-refractivity contribution in [3.8, 4) is 5.75 Å². The molecule has 1 fully saturated rings. The molecular weight excluding hydrogens is 324 g/mol. The van der Waals surface area contributed by atoms with E-state index in [-0.39, 0.29) is 11.4 Å². The Kier molecular flexibility index (Phi) is 6.66. The summed E-state index contributed by atoms with van der Waals surface area (Å²) in [6.45, 7) is 11.3. The summed E-state index contributed by atoms with van der Waals surface area (Å²) in [6, 6.07) is 6.81. The summed E-state index contributed by atoms with van der Waals surface area (Å²) >= 11 is 0. The van der Waals surface area contributed by atoms with Crippen molar-refractivity contribution >= 4 is 9.84 Å². The largest absolute Gasteiger partial charge is 0.488 e. The van der Waals surface area contributed by atoms with E-state index in [0.29, 0.717) is 11.3 Å². The highest BCUT2D eigenvalue weighted by Crippen LogP contribution is 2.23. The Balaban J connectivity index is 1.91. The second kappa shape index (κ2) is 8.32. The van der Waals surface area contributed by atoms with Gasteiger partial charge in [-0.2, -0.15) is 0 Å². The van der Waals surface area contributed by atoms with E-state index in [1.54, 1.807) is 24.3 Å². The molecule has 1 aliphatic heterocycles. The number of rotatable bonds is 8. The molecular formula is C18H30N2O3S. The Morgan fingerprint density at radius 3 is 2.38 bits per heavy atom. The fourth-order valence-electron chi connectivity index (χ4n) is 2.83. The van der Waals surface area contributed by atoms with Gasteiger partial charge in [-0.1, -0.05) is 6.92 Å². The predicted octanol–water partition coefficient (Wildman–Crippen LogP) is 2.32. The van der Waals surface area contributed by atoms with Gasteiger partial charge in [-0.3, -0.25) is 0 Å². The van der Waals surface area contributed by atoms with Gasteiger partial charge in [-0.05, 0) is 51.0 Å². The number of benzene rings is 1. The van der Waals surface area contributed by atoms with Crippen LogP contribution in [0.1, 0.15) is 33.6 Å². The first-order valence-corrected chi connectivity index (χ1v) is 10.4. The Labute approximate surface area is 146 Å². The van der Waals surface area contributed by atoms with Gasteiger partial charge >= 0.3 is 0 Å². The van der Waals surface area contributed by atoms with Gasteiger partial charge < -0.3 is 15.0 Å². The molecule has 0 atom stereocenters. The van der Waals surface area contributed by atoms with Gasteiger partial charge in [0.2, 0.25) is 0 Å². The maximum Gasteiger partial charge on any atom is 0.178 e. The van der Waals surface area contributed by atoms with Gasteiger partial charge in [0.25, 0.3) is 0 Å². The third-order valence-corrected chi connectivity index (χ3v) is 6.23. The Hall–Kier alpha value is -1.11. The summed E-state index contributed by atoms with van der Waals surface area (Å²) in [6.07, 6.45) is 1.56. The molecule has 0 bridgehead atoms. The van der Waals surface area contributed by atoms with Crippen LogP contribution in [-0.4, -0.2) is 57.4 Å². The molecule has 0 spiro atoms. The minimum absolute atomic E-state index is 0.184. The van der Waals surface area contributed by atoms with Crippen molar-refractivity contribution in [2.45, 2.75) is 44.1 Å². The minimum Gasteiger partial charge on any atom is -0.488 e. The second-order valence-electron chi connectivity index (χ2n) is 6.99. The van der Waals surface area contributed by atoms with Gasteiger partial charge in [-0.15, -0.1) is 0 Å². The average molecular weight is 355 g/mol. The zero-order valence-electron chi connectivity index (χ0n) is 15.0. The fraction of sp³-hybridized carbons (Fsp3) is 0.667. The summed E-state index contributed by atoms with van der Waals surface area (Å²) in [5.41, 5.74) is -0.283. The number of ether oxygens (including phenoxy) is 1. The summed E-state index contributed by atoms with van der Waals surface area (Å²) in [5, 5.41) is 3.36. The number of sulfone groups is 1. The van der Waals surface area contributed by atoms with Crippen LogP contribution in [0.4, 0.5) is 0 Å². The highest BCUT2D eigenvalue weighted by atomic mass is 32.2. The fourth-order valence-corrected chi connectivity index (χ4v) is 4.16. The van der Waals surface area contributed by atoms with E-state index >= 15 is 0 Å². The Bertz CT molecular complexity index is 606. The normalized spacial score (nSPS) is 17.0. The van der Waals surface area contributed by atoms with Crippen molar-refractivity contribution in [1.82, 2.24) is 10.2 Å². The van der Waals surface area contributed by atoms with Crippen LogP contribution in [0.15, 0.2) is 29.2 Å². The van der Waals surface area contributed by atoms with Crippen LogP contribution < -0.4 is 10.1 Å². The molecule has 136 valence electrons. The molecule has 6 heteroatoms. The van der Waals surface area contributed by atoms with E-state index in [1.165, 1.54) is 0 Å². The van der Waals surface area contributed by atoms with Crippen molar-refractivity contribution in [1.29, 1.82) is 0 Å². The average Bonchev–Trinajstić information content (AvgIpc) is 2.54. The van der Waals surface area contributed by atoms with Crippen LogP contribution >= 0.6 is 0 Å². The van der Waals surface area contributed by atoms with Crippen molar-refractivity contribution in [3.63, 3.8) is 0 Å². The zero-order chi connectivity index (χ0) is 17.6. The molecule has 0 radical (unpaired) electrons. The van der Waals surface area contributed by atoms with E-state index in [2.05, 4.69) is 24.1 Å². The van der Waals surface area contributed by atoms with Crippen molar-refractivity contribution in [2.75, 3.05) is 38.5 Å². The highest BCUT2D eigenvalue weighted by Gasteiger charge is 2.22. The number of nitrogens with one attached hydrogen (secondary N) is 1. The quantitative estimate of drug-likeness (QED) is 0.776. The predicted molar refractivity (Wildman–Crippen MR) is 97.4 cm³/mol. The summed E-state index contributed by atoms with van der Waals surface area (Å²) in [7, 11) is -3.16. The molecule has 1 aromatic rings. The van der Waals surface area contributed by atoms with Gasteiger partial charge in [-0.25, -0.2) is 8.42 Å². The summed E-state index contributed by atoms with van der Waals surface area (Å²) in [5.74, 6) is 0.902. The molecule has 1 saturated heterocycles. The molecule has 0 unspecified atom stereocenters. The van der Waals surface area contributed by atoms with Gasteiger partial charge in [0, 0.05) is 32.7 Å². The Morgan fingerprint density at radius 1 is 1.17 bits per heavy atom. The van der Waals surface area contributed by atoms with E-state index in [1.807, 2.05) is 6.92 Å². The van der Waals surface area contributed by atoms with E-state index in [9.17, 15) is 8.42 Å². The maximum absolute atomic E-state index is 12.1. The van der Waals surface area contributed by atoms with Crippen LogP contribution in [0.3, 0.4) is 0 Å². The molecule has 1 N–H and O–H groups in total. The zero-order valence-corrected chi connectivity index (χ0v) is 15.9. The minimum atomic E-state index is -3.16. The van der Waals surface area contributed by atoms with Crippen LogP contribution in [0, 0.1) is 0 Å². The summed E-state index contributed by atoms with van der Waals surface area (Å²) in [4.78, 5) is 2.82. The summed E-state index contributed by atoms with van der Waals surface area (Å²) < 4.78 is 30.2. The number of nitrogens with zero attached hydrogens (tertiary/aromatic N) is 1. The SMILES string of the molecule is CCCS(=O)(=O)c1ccc(OC(C)(C)CCN2CCNCC2)cc1. The third-order valence-electron chi connectivity index (χ3n) is 4.29. The first kappa shape index (κ1) is 19.2. The molecule has 0 aromatic heterocycles. The second-order valence-corrected chi connectivity index (χ2v) is 9.10. The van der Waals surface area contributed by atoms with Crippen LogP contribution in [0.25, 0.3) is 0 Å². The van der Waals surface area contributed by atoms with E-state index in [4.69, 9.17) is 4.74 Å². The lowest BCUT2D eigenvalue weighted by Crippen LogP contribution is -2.45. The van der Waals surface area contributed by atoms with E-state index < -0.39 is 9.84 Å². The van der Waals surface area contributed by atoms with Crippen molar-refractivity contribution < 1.29 is 13.2 Å². The van der Waals surface area contributed by atoms with Gasteiger partial charge in [0.05, 0.1) is 10.6 Å². The molecule has 1 aromatic carbocycles. The smallest absolute Gasteiger partial charge is 0.178 e. The van der Waals surface area contributed by atoms with Gasteiger partial charge in [0.15, 0.2) is 9.84 Å². The lowest BCUT2D eigenvalue weighted by atomic mass is 10.0. The van der Waals surface area contributed by atoms with E-state index in [0.717, 1.165) is 44.9 Å². The van der Waals surface area contributed by atoms with Crippen molar-refractivity contribution in [2.24, 2.45) is 0 Å². The highest BCUT2D eigenvalue weighted by molar-refractivity contribution is 7.91. The molecule has 1 aliphatic rings. The molecule has 0 amide bonds. The number of hydrogen-bond acceptors (Lipinski definition) is 5. The van der Waals surface area contributed by atoms with Crippen LogP contribution in [-0.2, 0) is 9.84 Å². The standard InChI is InChI=1S/C18H30N2O3S/c1-4-15-24(21,22)17-7-5-16(6-8-17)23-18(2,3)9-12-20-13-10-19-11-14-20/h5-8,19H,4,9-15H2,1-3H3. The lowest BCUT2D eigenvalue weighted by molar-refractivity contribution is 0.0808. The first-order valence-electron chi connectivity index (χ1n) is 8.77. The van der Waals surface area contributed by atoms with Crippen LogP contribution in [0.2, 0.25) is 0 Å².